The van der Waals surface area contributed by atoms with E-state index in [1.807, 2.05) is 37.8 Å². The number of hydrogen-bond acceptors (Lipinski definition) is 3. The zero-order valence-electron chi connectivity index (χ0n) is 15.8. The third kappa shape index (κ3) is 4.91. The molecule has 0 unspecified atom stereocenters. The summed E-state index contributed by atoms with van der Waals surface area (Å²) in [5.41, 5.74) is 2.41. The average Bonchev–Trinajstić information content (AvgIpc) is 2.82. The molecule has 1 N–H and O–H groups in total. The zero-order chi connectivity index (χ0) is 18.6. The number of thioether (sulfide) groups is 1. The van der Waals surface area contributed by atoms with Gasteiger partial charge in [-0.1, -0.05) is 24.3 Å². The third-order valence-corrected chi connectivity index (χ3v) is 5.73. The topological polar surface area (TPSA) is 52.7 Å². The van der Waals surface area contributed by atoms with Gasteiger partial charge in [0.1, 0.15) is 5.37 Å². The van der Waals surface area contributed by atoms with E-state index in [0.29, 0.717) is 13.1 Å². The summed E-state index contributed by atoms with van der Waals surface area (Å²) in [6.07, 6.45) is 0.767. The molecule has 25 heavy (non-hydrogen) atoms. The summed E-state index contributed by atoms with van der Waals surface area (Å²) in [6.45, 7) is 9.24. The second kappa shape index (κ2) is 8.61. The summed E-state index contributed by atoms with van der Waals surface area (Å²) in [7, 11) is 1.79. The van der Waals surface area contributed by atoms with E-state index < -0.39 is 0 Å². The first-order valence-electron chi connectivity index (χ1n) is 8.84. The second-order valence-corrected chi connectivity index (χ2v) is 8.32. The molecule has 2 atom stereocenters. The van der Waals surface area contributed by atoms with Crippen molar-refractivity contribution in [3.05, 3.63) is 35.4 Å². The minimum atomic E-state index is -0.0686. The van der Waals surface area contributed by atoms with E-state index in [0.717, 1.165) is 6.42 Å². The maximum atomic E-state index is 12.6. The fourth-order valence-electron chi connectivity index (χ4n) is 2.94. The molecule has 0 aromatic heterocycles. The number of nitrogens with zero attached hydrogens (tertiary/aromatic N) is 2. The Hall–Kier alpha value is -1.69. The second-order valence-electron chi connectivity index (χ2n) is 6.90. The van der Waals surface area contributed by atoms with Gasteiger partial charge in [-0.05, 0) is 45.2 Å². The largest absolute Gasteiger partial charge is 0.336 e. The number of benzene rings is 1. The van der Waals surface area contributed by atoms with Crippen LogP contribution in [0.3, 0.4) is 0 Å². The highest BCUT2D eigenvalue weighted by Crippen LogP contribution is 2.43. The van der Waals surface area contributed by atoms with Gasteiger partial charge in [-0.3, -0.25) is 4.79 Å². The molecule has 0 radical (unpaired) electrons. The van der Waals surface area contributed by atoms with Gasteiger partial charge in [0.25, 0.3) is 0 Å². The number of nitrogens with one attached hydrogen (secondary N) is 1. The molecule has 6 heteroatoms. The number of aryl methyl sites for hydroxylation is 1. The number of amides is 3. The summed E-state index contributed by atoms with van der Waals surface area (Å²) in [5, 5.41) is 2.93. The van der Waals surface area contributed by atoms with E-state index in [9.17, 15) is 9.59 Å². The predicted octanol–water partition coefficient (Wildman–Crippen LogP) is 3.40. The Morgan fingerprint density at radius 2 is 2.04 bits per heavy atom. The van der Waals surface area contributed by atoms with Crippen LogP contribution in [0.4, 0.5) is 4.79 Å². The first-order chi connectivity index (χ1) is 11.8. The van der Waals surface area contributed by atoms with E-state index in [-0.39, 0.29) is 28.6 Å². The lowest BCUT2D eigenvalue weighted by molar-refractivity contribution is -0.129. The van der Waals surface area contributed by atoms with Crippen LogP contribution in [0, 0.1) is 6.92 Å². The van der Waals surface area contributed by atoms with Crippen LogP contribution < -0.4 is 5.32 Å². The van der Waals surface area contributed by atoms with Gasteiger partial charge in [-0.2, -0.15) is 0 Å². The highest BCUT2D eigenvalue weighted by molar-refractivity contribution is 8.01. The molecule has 3 amide bonds. The molecule has 0 aliphatic carbocycles. The molecular formula is C19H29N3O2S. The van der Waals surface area contributed by atoms with Gasteiger partial charge in [-0.25, -0.2) is 4.79 Å². The summed E-state index contributed by atoms with van der Waals surface area (Å²) in [6, 6.07) is 8.30. The van der Waals surface area contributed by atoms with Gasteiger partial charge >= 0.3 is 6.03 Å². The van der Waals surface area contributed by atoms with Crippen molar-refractivity contribution in [3.8, 4) is 0 Å². The molecule has 5 nitrogen and oxygen atoms in total. The van der Waals surface area contributed by atoms with Gasteiger partial charge in [0, 0.05) is 26.2 Å². The first-order valence-corrected chi connectivity index (χ1v) is 9.78. The van der Waals surface area contributed by atoms with E-state index in [2.05, 4.69) is 24.4 Å². The highest BCUT2D eigenvalue weighted by Gasteiger charge is 2.38. The van der Waals surface area contributed by atoms with Crippen LogP contribution in [-0.4, -0.2) is 53.2 Å². The molecule has 1 aliphatic rings. The van der Waals surface area contributed by atoms with Gasteiger partial charge in [0.05, 0.1) is 5.25 Å². The van der Waals surface area contributed by atoms with E-state index in [1.165, 1.54) is 11.1 Å². The Morgan fingerprint density at radius 1 is 1.36 bits per heavy atom. The van der Waals surface area contributed by atoms with Gasteiger partial charge in [0.2, 0.25) is 5.91 Å². The van der Waals surface area contributed by atoms with Crippen molar-refractivity contribution in [1.29, 1.82) is 0 Å². The molecule has 1 fully saturated rings. The van der Waals surface area contributed by atoms with E-state index in [1.54, 1.807) is 23.7 Å². The fraction of sp³-hybridized carbons (Fsp3) is 0.579. The summed E-state index contributed by atoms with van der Waals surface area (Å²) in [5.74, 6) is 0.188. The van der Waals surface area contributed by atoms with Crippen molar-refractivity contribution < 1.29 is 9.59 Å². The van der Waals surface area contributed by atoms with Crippen LogP contribution in [0.2, 0.25) is 0 Å². The Labute approximate surface area is 155 Å². The standard InChI is InChI=1S/C19H29N3O2S/c1-13(2)20-19(24)21(5)11-8-12-22-17(23)15(4)25-18(22)16-10-7-6-9-14(16)3/h6-7,9-10,13,15,18H,8,11-12H2,1-5H3,(H,20,24)/t15-,18-/m0/s1. The molecule has 0 spiro atoms. The van der Waals surface area contributed by atoms with E-state index in [4.69, 9.17) is 0 Å². The molecule has 0 bridgehead atoms. The van der Waals surface area contributed by atoms with E-state index >= 15 is 0 Å². The number of carbonyl (C=O) groups excluding carboxylic acids is 2. The molecule has 138 valence electrons. The third-order valence-electron chi connectivity index (χ3n) is 4.35. The Bertz CT molecular complexity index is 620. The number of hydrogen-bond donors (Lipinski definition) is 1. The Balaban J connectivity index is 1.98. The van der Waals surface area contributed by atoms with Gasteiger partial charge < -0.3 is 15.1 Å². The first kappa shape index (κ1) is 19.6. The van der Waals surface area contributed by atoms with Crippen molar-refractivity contribution in [2.75, 3.05) is 20.1 Å². The summed E-state index contributed by atoms with van der Waals surface area (Å²) >= 11 is 1.71. The smallest absolute Gasteiger partial charge is 0.317 e. The molecule has 1 aliphatic heterocycles. The maximum Gasteiger partial charge on any atom is 0.317 e. The fourth-order valence-corrected chi connectivity index (χ4v) is 4.35. The highest BCUT2D eigenvalue weighted by atomic mass is 32.2. The molecule has 1 heterocycles. The molecule has 2 rings (SSSR count). The quantitative estimate of drug-likeness (QED) is 0.843. The normalized spacial score (nSPS) is 20.2. The van der Waals surface area contributed by atoms with Crippen molar-refractivity contribution in [1.82, 2.24) is 15.1 Å². The monoisotopic (exact) mass is 363 g/mol. The van der Waals surface area contributed by atoms with Crippen LogP contribution in [0.5, 0.6) is 0 Å². The predicted molar refractivity (Wildman–Crippen MR) is 104 cm³/mol. The van der Waals surface area contributed by atoms with Crippen LogP contribution in [0.1, 0.15) is 43.7 Å². The van der Waals surface area contributed by atoms with Gasteiger partial charge in [-0.15, -0.1) is 11.8 Å². The van der Waals surface area contributed by atoms with Crippen molar-refractivity contribution in [2.24, 2.45) is 0 Å². The average molecular weight is 364 g/mol. The Kier molecular flexibility index (Phi) is 6.76. The Morgan fingerprint density at radius 3 is 2.68 bits per heavy atom. The zero-order valence-corrected chi connectivity index (χ0v) is 16.6. The van der Waals surface area contributed by atoms with Crippen LogP contribution in [0.25, 0.3) is 0 Å². The van der Waals surface area contributed by atoms with Crippen molar-refractivity contribution in [2.45, 2.75) is 50.8 Å². The molecule has 1 saturated heterocycles. The summed E-state index contributed by atoms with van der Waals surface area (Å²) < 4.78 is 0. The number of carbonyl (C=O) groups is 2. The lowest BCUT2D eigenvalue weighted by atomic mass is 10.1. The lowest BCUT2D eigenvalue weighted by Gasteiger charge is -2.26. The minimum absolute atomic E-state index is 0.0217. The molecular weight excluding hydrogens is 334 g/mol. The SMILES string of the molecule is Cc1ccccc1[C@@H]1S[C@@H](C)C(=O)N1CCCN(C)C(=O)NC(C)C. The number of urea groups is 1. The molecule has 0 saturated carbocycles. The van der Waals surface area contributed by atoms with Crippen molar-refractivity contribution >= 4 is 23.7 Å². The molecule has 1 aromatic carbocycles. The minimum Gasteiger partial charge on any atom is -0.336 e. The lowest BCUT2D eigenvalue weighted by Crippen LogP contribution is -2.42. The van der Waals surface area contributed by atoms with Crippen LogP contribution >= 0.6 is 11.8 Å². The van der Waals surface area contributed by atoms with Crippen molar-refractivity contribution in [3.63, 3.8) is 0 Å². The number of rotatable bonds is 6. The van der Waals surface area contributed by atoms with Gasteiger partial charge in [0.15, 0.2) is 0 Å². The van der Waals surface area contributed by atoms with Crippen LogP contribution in [-0.2, 0) is 4.79 Å². The maximum absolute atomic E-state index is 12.6. The molecule has 1 aromatic rings. The summed E-state index contributed by atoms with van der Waals surface area (Å²) in [4.78, 5) is 28.2. The van der Waals surface area contributed by atoms with Crippen LogP contribution in [0.15, 0.2) is 24.3 Å².